The number of halogens is 1. The lowest BCUT2D eigenvalue weighted by Crippen LogP contribution is -2.11. The van der Waals surface area contributed by atoms with Crippen molar-refractivity contribution in [1.29, 1.82) is 0 Å². The van der Waals surface area contributed by atoms with E-state index in [4.69, 9.17) is 5.11 Å². The zero-order chi connectivity index (χ0) is 11.0. The number of nitrogens with one attached hydrogen (secondary N) is 1. The molecule has 2 aromatic rings. The Hall–Kier alpha value is -1.75. The summed E-state index contributed by atoms with van der Waals surface area (Å²) in [5.74, 6) is -0.524. The number of benzene rings is 1. The maximum Gasteiger partial charge on any atom is 0.269 e. The molecule has 1 aromatic heterocycles. The molecule has 2 rings (SSSR count). The number of fused-ring (bicyclic) bond motifs is 1. The Kier molecular flexibility index (Phi) is 2.24. The first kappa shape index (κ1) is 9.79. The van der Waals surface area contributed by atoms with Crippen LogP contribution in [-0.4, -0.2) is 15.1 Å². The Morgan fingerprint density at radius 3 is 2.93 bits per heavy atom. The average molecular weight is 208 g/mol. The first-order valence-electron chi connectivity index (χ1n) is 4.41. The molecule has 0 bridgehead atoms. The van der Waals surface area contributed by atoms with E-state index in [1.165, 1.54) is 12.1 Å². The van der Waals surface area contributed by atoms with Crippen LogP contribution in [0.2, 0.25) is 0 Å². The third-order valence-corrected chi connectivity index (χ3v) is 2.20. The number of H-pyrrole nitrogens is 1. The van der Waals surface area contributed by atoms with Crippen LogP contribution in [0.4, 0.5) is 4.39 Å². The average Bonchev–Trinajstić information content (AvgIpc) is 2.20. The van der Waals surface area contributed by atoms with Crippen LogP contribution in [-0.2, 0) is 6.61 Å². The van der Waals surface area contributed by atoms with Gasteiger partial charge in [-0.3, -0.25) is 4.79 Å². The molecule has 0 aliphatic rings. The molecule has 78 valence electrons. The van der Waals surface area contributed by atoms with Gasteiger partial charge in [0.1, 0.15) is 11.5 Å². The number of aliphatic hydroxyl groups excluding tert-OH is 1. The van der Waals surface area contributed by atoms with Gasteiger partial charge in [-0.05, 0) is 13.0 Å². The fourth-order valence-electron chi connectivity index (χ4n) is 1.37. The summed E-state index contributed by atoms with van der Waals surface area (Å²) in [6, 6.07) is 2.59. The summed E-state index contributed by atoms with van der Waals surface area (Å²) in [5, 5.41) is 8.85. The molecule has 0 unspecified atom stereocenters. The summed E-state index contributed by atoms with van der Waals surface area (Å²) in [5.41, 5.74) is 0.929. The molecule has 1 aromatic carbocycles. The third kappa shape index (κ3) is 1.61. The van der Waals surface area contributed by atoms with Gasteiger partial charge >= 0.3 is 0 Å². The second-order valence-electron chi connectivity index (χ2n) is 3.27. The van der Waals surface area contributed by atoms with E-state index in [0.29, 0.717) is 16.7 Å². The van der Waals surface area contributed by atoms with E-state index < -0.39 is 12.4 Å². The molecular weight excluding hydrogens is 199 g/mol. The van der Waals surface area contributed by atoms with Crippen molar-refractivity contribution in [2.75, 3.05) is 0 Å². The van der Waals surface area contributed by atoms with Gasteiger partial charge in [-0.25, -0.2) is 9.37 Å². The van der Waals surface area contributed by atoms with Crippen molar-refractivity contribution < 1.29 is 9.50 Å². The van der Waals surface area contributed by atoms with E-state index in [1.807, 2.05) is 0 Å². The maximum absolute atomic E-state index is 13.3. The Labute approximate surface area is 84.4 Å². The lowest BCUT2D eigenvalue weighted by molar-refractivity contribution is 0.276. The predicted molar refractivity (Wildman–Crippen MR) is 53.0 cm³/mol. The smallest absolute Gasteiger partial charge is 0.269 e. The number of aryl methyl sites for hydroxylation is 1. The standard InChI is InChI=1S/C10H9FN2O2/c1-5-10(15)13-8-2-6(4-14)7(11)3-9(8)12-5/h2-3,14H,4H2,1H3,(H,13,15). The maximum atomic E-state index is 13.3. The number of aromatic nitrogens is 2. The van der Waals surface area contributed by atoms with E-state index in [0.717, 1.165) is 0 Å². The van der Waals surface area contributed by atoms with Gasteiger partial charge in [0.2, 0.25) is 0 Å². The van der Waals surface area contributed by atoms with Crippen LogP contribution in [0.3, 0.4) is 0 Å². The molecule has 15 heavy (non-hydrogen) atoms. The first-order valence-corrected chi connectivity index (χ1v) is 4.41. The number of hydrogen-bond donors (Lipinski definition) is 2. The summed E-state index contributed by atoms with van der Waals surface area (Å²) in [6.45, 7) is 1.15. The fourth-order valence-corrected chi connectivity index (χ4v) is 1.37. The second kappa shape index (κ2) is 3.43. The Morgan fingerprint density at radius 2 is 2.27 bits per heavy atom. The van der Waals surface area contributed by atoms with Gasteiger partial charge in [-0.2, -0.15) is 0 Å². The highest BCUT2D eigenvalue weighted by Gasteiger charge is 2.06. The molecule has 0 saturated heterocycles. The van der Waals surface area contributed by atoms with Crippen molar-refractivity contribution in [3.8, 4) is 0 Å². The lowest BCUT2D eigenvalue weighted by atomic mass is 10.2. The van der Waals surface area contributed by atoms with E-state index in [9.17, 15) is 9.18 Å². The van der Waals surface area contributed by atoms with Crippen LogP contribution in [0.25, 0.3) is 11.0 Å². The summed E-state index contributed by atoms with van der Waals surface area (Å²) in [7, 11) is 0. The molecule has 0 saturated carbocycles. The Bertz CT molecular complexity index is 577. The molecule has 1 heterocycles. The molecule has 0 amide bonds. The number of hydrogen-bond acceptors (Lipinski definition) is 3. The predicted octanol–water partition coefficient (Wildman–Crippen LogP) is 0.863. The van der Waals surface area contributed by atoms with Crippen LogP contribution in [0, 0.1) is 12.7 Å². The zero-order valence-electron chi connectivity index (χ0n) is 8.04. The zero-order valence-corrected chi connectivity index (χ0v) is 8.04. The van der Waals surface area contributed by atoms with Gasteiger partial charge < -0.3 is 10.1 Å². The molecule has 4 nitrogen and oxygen atoms in total. The molecule has 0 spiro atoms. The van der Waals surface area contributed by atoms with Crippen LogP contribution >= 0.6 is 0 Å². The van der Waals surface area contributed by atoms with Gasteiger partial charge in [0, 0.05) is 11.6 Å². The summed E-state index contributed by atoms with van der Waals surface area (Å²) >= 11 is 0. The van der Waals surface area contributed by atoms with E-state index >= 15 is 0 Å². The van der Waals surface area contributed by atoms with Gasteiger partial charge in [0.25, 0.3) is 5.56 Å². The minimum Gasteiger partial charge on any atom is -0.392 e. The van der Waals surface area contributed by atoms with Gasteiger partial charge in [0.05, 0.1) is 17.6 Å². The highest BCUT2D eigenvalue weighted by Crippen LogP contribution is 2.14. The number of aliphatic hydroxyl groups is 1. The topological polar surface area (TPSA) is 66.0 Å². The number of aromatic amines is 1. The van der Waals surface area contributed by atoms with Gasteiger partial charge in [0.15, 0.2) is 0 Å². The van der Waals surface area contributed by atoms with Crippen molar-refractivity contribution >= 4 is 11.0 Å². The van der Waals surface area contributed by atoms with Crippen LogP contribution in [0.15, 0.2) is 16.9 Å². The Balaban J connectivity index is 2.82. The fraction of sp³-hybridized carbons (Fsp3) is 0.200. The normalized spacial score (nSPS) is 10.9. The quantitative estimate of drug-likeness (QED) is 0.730. The lowest BCUT2D eigenvalue weighted by Gasteiger charge is -2.02. The highest BCUT2D eigenvalue weighted by atomic mass is 19.1. The van der Waals surface area contributed by atoms with Crippen molar-refractivity contribution in [2.24, 2.45) is 0 Å². The van der Waals surface area contributed by atoms with Crippen molar-refractivity contribution in [2.45, 2.75) is 13.5 Å². The minimum absolute atomic E-state index is 0.142. The number of rotatable bonds is 1. The number of nitrogens with zero attached hydrogens (tertiary/aromatic N) is 1. The van der Waals surface area contributed by atoms with Crippen LogP contribution in [0.5, 0.6) is 0 Å². The van der Waals surface area contributed by atoms with Crippen molar-refractivity contribution in [3.63, 3.8) is 0 Å². The molecule has 2 N–H and O–H groups in total. The third-order valence-electron chi connectivity index (χ3n) is 2.20. The van der Waals surface area contributed by atoms with Crippen molar-refractivity contribution in [3.05, 3.63) is 39.6 Å². The molecule has 0 aliphatic heterocycles. The summed E-state index contributed by atoms with van der Waals surface area (Å²) in [6.07, 6.45) is 0. The van der Waals surface area contributed by atoms with E-state index in [1.54, 1.807) is 6.92 Å². The molecule has 5 heteroatoms. The van der Waals surface area contributed by atoms with Crippen molar-refractivity contribution in [1.82, 2.24) is 9.97 Å². The summed E-state index contributed by atoms with van der Waals surface area (Å²) in [4.78, 5) is 17.8. The molecule has 0 radical (unpaired) electrons. The molecular formula is C10H9FN2O2. The second-order valence-corrected chi connectivity index (χ2v) is 3.27. The summed E-state index contributed by atoms with van der Waals surface area (Å²) < 4.78 is 13.3. The molecule has 0 aliphatic carbocycles. The van der Waals surface area contributed by atoms with Crippen LogP contribution < -0.4 is 5.56 Å². The largest absolute Gasteiger partial charge is 0.392 e. The molecule has 0 fully saturated rings. The van der Waals surface area contributed by atoms with Gasteiger partial charge in [-0.1, -0.05) is 0 Å². The SMILES string of the molecule is Cc1nc2cc(F)c(CO)cc2[nH]c1=O. The molecule has 0 atom stereocenters. The minimum atomic E-state index is -0.524. The van der Waals surface area contributed by atoms with Gasteiger partial charge in [-0.15, -0.1) is 0 Å². The monoisotopic (exact) mass is 208 g/mol. The van der Waals surface area contributed by atoms with E-state index in [2.05, 4.69) is 9.97 Å². The van der Waals surface area contributed by atoms with Crippen LogP contribution in [0.1, 0.15) is 11.3 Å². The first-order chi connectivity index (χ1) is 7.11. The van der Waals surface area contributed by atoms with E-state index in [-0.39, 0.29) is 11.1 Å². The Morgan fingerprint density at radius 1 is 1.53 bits per heavy atom. The highest BCUT2D eigenvalue weighted by molar-refractivity contribution is 5.74.